The highest BCUT2D eigenvalue weighted by atomic mass is 16.2. The van der Waals surface area contributed by atoms with Crippen LogP contribution in [-0.4, -0.2) is 47.0 Å². The average molecular weight is 358 g/mol. The molecule has 2 aliphatic heterocycles. The van der Waals surface area contributed by atoms with Crippen molar-refractivity contribution in [3.8, 4) is 0 Å². The molecule has 0 radical (unpaired) electrons. The third-order valence-electron chi connectivity index (χ3n) is 5.54. The van der Waals surface area contributed by atoms with Crippen molar-refractivity contribution in [2.24, 2.45) is 13.0 Å². The molecule has 0 aromatic carbocycles. The van der Waals surface area contributed by atoms with Crippen molar-refractivity contribution in [3.63, 3.8) is 0 Å². The van der Waals surface area contributed by atoms with Crippen LogP contribution in [-0.2, 0) is 26.6 Å². The van der Waals surface area contributed by atoms with E-state index in [1.165, 1.54) is 0 Å². The Morgan fingerprint density at radius 2 is 2.00 bits per heavy atom. The van der Waals surface area contributed by atoms with Crippen LogP contribution >= 0.6 is 0 Å². The molecule has 0 N–H and O–H groups in total. The molecule has 140 valence electrons. The van der Waals surface area contributed by atoms with Crippen molar-refractivity contribution < 1.29 is 4.79 Å². The minimum Gasteiger partial charge on any atom is -0.329 e. The molecule has 2 aliphatic rings. The second-order valence-electron chi connectivity index (χ2n) is 7.98. The Morgan fingerprint density at radius 1 is 1.27 bits per heavy atom. The second kappa shape index (κ2) is 6.10. The first-order chi connectivity index (χ1) is 12.3. The van der Waals surface area contributed by atoms with Gasteiger partial charge in [0.1, 0.15) is 5.82 Å². The van der Waals surface area contributed by atoms with Gasteiger partial charge in [-0.2, -0.15) is 10.2 Å². The zero-order valence-corrected chi connectivity index (χ0v) is 15.8. The highest BCUT2D eigenvalue weighted by Gasteiger charge is 2.42. The minimum atomic E-state index is -0.0534. The van der Waals surface area contributed by atoms with Crippen LogP contribution in [0.3, 0.4) is 0 Å². The number of carbonyl (C=O) groups excluding carboxylic acids is 1. The van der Waals surface area contributed by atoms with Crippen LogP contribution in [0.15, 0.2) is 10.9 Å². The molecule has 1 saturated heterocycles. The highest BCUT2D eigenvalue weighted by molar-refractivity contribution is 5.93. The molecule has 2 aromatic heterocycles. The van der Waals surface area contributed by atoms with Gasteiger partial charge in [0, 0.05) is 38.3 Å². The topological polar surface area (TPSA) is 78.0 Å². The molecule has 8 heteroatoms. The van der Waals surface area contributed by atoms with Gasteiger partial charge in [-0.05, 0) is 31.7 Å². The summed E-state index contributed by atoms with van der Waals surface area (Å²) in [4.78, 5) is 27.8. The number of hydrogen-bond donors (Lipinski definition) is 0. The first-order valence-corrected chi connectivity index (χ1v) is 9.35. The highest BCUT2D eigenvalue weighted by Crippen LogP contribution is 2.31. The largest absolute Gasteiger partial charge is 0.345 e. The van der Waals surface area contributed by atoms with Gasteiger partial charge in [-0.1, -0.05) is 13.8 Å². The van der Waals surface area contributed by atoms with Crippen molar-refractivity contribution in [2.45, 2.75) is 65.2 Å². The van der Waals surface area contributed by atoms with Crippen LogP contribution in [0, 0.1) is 12.8 Å². The number of aryl methyl sites for hydroxylation is 2. The maximum absolute atomic E-state index is 13.1. The van der Waals surface area contributed by atoms with E-state index < -0.39 is 0 Å². The Bertz CT molecular complexity index is 886. The normalized spacial score (nSPS) is 22.0. The number of hydrogen-bond acceptors (Lipinski definition) is 4. The van der Waals surface area contributed by atoms with Crippen LogP contribution in [0.1, 0.15) is 48.7 Å². The first kappa shape index (κ1) is 17.1. The molecular weight excluding hydrogens is 332 g/mol. The molecule has 0 spiro atoms. The lowest BCUT2D eigenvalue weighted by Crippen LogP contribution is -2.43. The summed E-state index contributed by atoms with van der Waals surface area (Å²) in [7, 11) is 1.84. The first-order valence-electron chi connectivity index (χ1n) is 9.35. The smallest absolute Gasteiger partial charge is 0.329 e. The van der Waals surface area contributed by atoms with Crippen LogP contribution in [0.5, 0.6) is 0 Å². The standard InChI is InChI=1S/C18H26N6O2/c1-11(2)9-23-18(26)22-10-14-6-5-13(8-16(22)20-23)24(14)17(25)15-7-12(3)21(4)19-15/h7,11,13-14H,5-6,8-10H2,1-4H3/t13-,14+/m0/s1. The quantitative estimate of drug-likeness (QED) is 0.819. The third kappa shape index (κ3) is 2.68. The predicted molar refractivity (Wildman–Crippen MR) is 96.0 cm³/mol. The Labute approximate surface area is 152 Å². The van der Waals surface area contributed by atoms with E-state index in [2.05, 4.69) is 24.0 Å². The van der Waals surface area contributed by atoms with Gasteiger partial charge in [0.15, 0.2) is 5.69 Å². The molecule has 1 amide bonds. The van der Waals surface area contributed by atoms with E-state index in [9.17, 15) is 9.59 Å². The molecule has 4 rings (SSSR count). The lowest BCUT2D eigenvalue weighted by Gasteiger charge is -2.27. The summed E-state index contributed by atoms with van der Waals surface area (Å²) in [6.07, 6.45) is 2.51. The zero-order valence-electron chi connectivity index (χ0n) is 15.8. The molecule has 26 heavy (non-hydrogen) atoms. The van der Waals surface area contributed by atoms with E-state index in [4.69, 9.17) is 0 Å². The Morgan fingerprint density at radius 3 is 2.65 bits per heavy atom. The zero-order chi connectivity index (χ0) is 18.6. The minimum absolute atomic E-state index is 0.0328. The fourth-order valence-electron chi connectivity index (χ4n) is 4.18. The summed E-state index contributed by atoms with van der Waals surface area (Å²) in [5.41, 5.74) is 1.39. The molecule has 0 unspecified atom stereocenters. The number of carbonyl (C=O) groups is 1. The van der Waals surface area contributed by atoms with Crippen molar-refractivity contribution >= 4 is 5.91 Å². The van der Waals surface area contributed by atoms with Crippen LogP contribution in [0.4, 0.5) is 0 Å². The lowest BCUT2D eigenvalue weighted by molar-refractivity contribution is 0.0657. The summed E-state index contributed by atoms with van der Waals surface area (Å²) in [5.74, 6) is 1.14. The predicted octanol–water partition coefficient (Wildman–Crippen LogP) is 0.972. The molecule has 2 bridgehead atoms. The van der Waals surface area contributed by atoms with Gasteiger partial charge in [0.25, 0.3) is 5.91 Å². The summed E-state index contributed by atoms with van der Waals surface area (Å²) >= 11 is 0. The summed E-state index contributed by atoms with van der Waals surface area (Å²) in [6.45, 7) is 7.25. The molecule has 0 saturated carbocycles. The van der Waals surface area contributed by atoms with E-state index in [1.807, 2.05) is 24.9 Å². The second-order valence-corrected chi connectivity index (χ2v) is 7.98. The average Bonchev–Trinajstić information content (AvgIpc) is 3.15. The molecular formula is C18H26N6O2. The van der Waals surface area contributed by atoms with E-state index in [0.29, 0.717) is 31.1 Å². The number of aromatic nitrogens is 5. The van der Waals surface area contributed by atoms with Crippen molar-refractivity contribution in [3.05, 3.63) is 33.8 Å². The molecule has 2 atom stereocenters. The molecule has 8 nitrogen and oxygen atoms in total. The van der Waals surface area contributed by atoms with Gasteiger partial charge in [0.05, 0.1) is 6.04 Å². The van der Waals surface area contributed by atoms with Crippen LogP contribution < -0.4 is 5.69 Å². The van der Waals surface area contributed by atoms with Crippen molar-refractivity contribution in [1.82, 2.24) is 29.0 Å². The van der Waals surface area contributed by atoms with E-state index in [0.717, 1.165) is 24.4 Å². The number of fused-ring (bicyclic) bond motifs is 3. The van der Waals surface area contributed by atoms with Crippen LogP contribution in [0.25, 0.3) is 0 Å². The summed E-state index contributed by atoms with van der Waals surface area (Å²) < 4.78 is 5.08. The van der Waals surface area contributed by atoms with Crippen molar-refractivity contribution in [1.29, 1.82) is 0 Å². The van der Waals surface area contributed by atoms with Crippen LogP contribution in [0.2, 0.25) is 0 Å². The summed E-state index contributed by atoms with van der Waals surface area (Å²) in [6, 6.07) is 1.96. The Kier molecular flexibility index (Phi) is 4.00. The molecule has 1 fully saturated rings. The van der Waals surface area contributed by atoms with E-state index >= 15 is 0 Å². The monoisotopic (exact) mass is 358 g/mol. The SMILES string of the molecule is Cc1cc(C(=O)N2[C@@H]3CC[C@H]2Cc2nn(CC(C)C)c(=O)n2C3)nn1C. The maximum Gasteiger partial charge on any atom is 0.345 e. The number of rotatable bonds is 3. The Balaban J connectivity index is 1.64. The van der Waals surface area contributed by atoms with Gasteiger partial charge in [-0.15, -0.1) is 0 Å². The third-order valence-corrected chi connectivity index (χ3v) is 5.54. The lowest BCUT2D eigenvalue weighted by atomic mass is 10.1. The molecule has 4 heterocycles. The van der Waals surface area contributed by atoms with Gasteiger partial charge in [-0.3, -0.25) is 14.0 Å². The Hall–Kier alpha value is -2.38. The summed E-state index contributed by atoms with van der Waals surface area (Å²) in [5, 5.41) is 8.91. The maximum atomic E-state index is 13.1. The van der Waals surface area contributed by atoms with Gasteiger partial charge in [0.2, 0.25) is 0 Å². The van der Waals surface area contributed by atoms with Gasteiger partial charge >= 0.3 is 5.69 Å². The van der Waals surface area contributed by atoms with Crippen molar-refractivity contribution in [2.75, 3.05) is 0 Å². The van der Waals surface area contributed by atoms with E-state index in [-0.39, 0.29) is 23.7 Å². The fraction of sp³-hybridized carbons (Fsp3) is 0.667. The number of nitrogens with zero attached hydrogens (tertiary/aromatic N) is 6. The van der Waals surface area contributed by atoms with Gasteiger partial charge < -0.3 is 4.90 Å². The fourth-order valence-corrected chi connectivity index (χ4v) is 4.18. The molecule has 0 aliphatic carbocycles. The number of amides is 1. The molecule has 2 aromatic rings. The van der Waals surface area contributed by atoms with Gasteiger partial charge in [-0.25, -0.2) is 9.48 Å². The van der Waals surface area contributed by atoms with E-state index in [1.54, 1.807) is 13.9 Å².